The molecule has 2 N–H and O–H groups in total. The van der Waals surface area contributed by atoms with Crippen LogP contribution in [0.4, 0.5) is 10.5 Å². The third kappa shape index (κ3) is 3.28. The summed E-state index contributed by atoms with van der Waals surface area (Å²) >= 11 is 0. The Labute approximate surface area is 150 Å². The van der Waals surface area contributed by atoms with Crippen LogP contribution in [0.2, 0.25) is 0 Å². The van der Waals surface area contributed by atoms with Crippen molar-refractivity contribution in [1.82, 2.24) is 4.90 Å². The molecule has 3 aromatic rings. The fourth-order valence-electron chi connectivity index (χ4n) is 2.80. The van der Waals surface area contributed by atoms with E-state index in [4.69, 9.17) is 14.3 Å². The number of para-hydroxylation sites is 1. The summed E-state index contributed by atoms with van der Waals surface area (Å²) in [5.41, 5.74) is 1.84. The Bertz CT molecular complexity index is 979. The van der Waals surface area contributed by atoms with E-state index in [9.17, 15) is 9.59 Å². The number of ether oxygens (including phenoxy) is 1. The molecule has 3 rings (SSSR count). The number of carbonyl (C=O) groups excluding carboxylic acids is 1. The molecule has 136 valence electrons. The number of hydrogen-bond donors (Lipinski definition) is 2. The van der Waals surface area contributed by atoms with Gasteiger partial charge in [-0.3, -0.25) is 4.79 Å². The van der Waals surface area contributed by atoms with Crippen molar-refractivity contribution in [2.75, 3.05) is 26.0 Å². The molecule has 1 unspecified atom stereocenters. The highest BCUT2D eigenvalue weighted by atomic mass is 16.5. The molecule has 0 aliphatic rings. The summed E-state index contributed by atoms with van der Waals surface area (Å²) in [5, 5.41) is 13.6. The number of urea groups is 1. The van der Waals surface area contributed by atoms with Gasteiger partial charge >= 0.3 is 12.0 Å². The molecule has 0 aliphatic carbocycles. The molecule has 0 radical (unpaired) electrons. The molecule has 0 spiro atoms. The van der Waals surface area contributed by atoms with Crippen LogP contribution in [0.1, 0.15) is 6.92 Å². The van der Waals surface area contributed by atoms with Crippen molar-refractivity contribution in [2.24, 2.45) is 5.92 Å². The summed E-state index contributed by atoms with van der Waals surface area (Å²) in [7, 11) is 3.07. The molecule has 0 saturated heterocycles. The van der Waals surface area contributed by atoms with E-state index in [1.807, 2.05) is 30.3 Å². The van der Waals surface area contributed by atoms with Crippen LogP contribution in [0.25, 0.3) is 21.9 Å². The molecule has 1 heterocycles. The second kappa shape index (κ2) is 6.95. The summed E-state index contributed by atoms with van der Waals surface area (Å²) < 4.78 is 11.2. The number of nitrogens with one attached hydrogen (secondary N) is 1. The van der Waals surface area contributed by atoms with Crippen molar-refractivity contribution in [3.8, 4) is 5.75 Å². The van der Waals surface area contributed by atoms with Crippen LogP contribution in [0.3, 0.4) is 0 Å². The maximum atomic E-state index is 12.4. The van der Waals surface area contributed by atoms with E-state index in [2.05, 4.69) is 5.32 Å². The average Bonchev–Trinajstić information content (AvgIpc) is 2.98. The van der Waals surface area contributed by atoms with Gasteiger partial charge in [0.15, 0.2) is 0 Å². The minimum absolute atomic E-state index is 0.0936. The zero-order valence-electron chi connectivity index (χ0n) is 14.8. The fourth-order valence-corrected chi connectivity index (χ4v) is 2.80. The first kappa shape index (κ1) is 17.6. The second-order valence-corrected chi connectivity index (χ2v) is 6.20. The normalized spacial score (nSPS) is 12.1. The first-order valence-corrected chi connectivity index (χ1v) is 8.15. The number of benzene rings is 2. The van der Waals surface area contributed by atoms with Gasteiger partial charge in [0.2, 0.25) is 0 Å². The van der Waals surface area contributed by atoms with Gasteiger partial charge in [-0.25, -0.2) is 4.79 Å². The minimum Gasteiger partial charge on any atom is -0.495 e. The van der Waals surface area contributed by atoms with Gasteiger partial charge < -0.3 is 24.5 Å². The largest absolute Gasteiger partial charge is 0.495 e. The second-order valence-electron chi connectivity index (χ2n) is 6.20. The van der Waals surface area contributed by atoms with Crippen LogP contribution in [0.15, 0.2) is 40.8 Å². The summed E-state index contributed by atoms with van der Waals surface area (Å²) in [6.07, 6.45) is 0. The van der Waals surface area contributed by atoms with Crippen molar-refractivity contribution in [3.63, 3.8) is 0 Å². The highest BCUT2D eigenvalue weighted by Gasteiger charge is 2.19. The number of aliphatic carboxylic acids is 1. The van der Waals surface area contributed by atoms with Crippen molar-refractivity contribution >= 4 is 39.6 Å². The monoisotopic (exact) mass is 356 g/mol. The van der Waals surface area contributed by atoms with Crippen LogP contribution < -0.4 is 10.1 Å². The molecule has 26 heavy (non-hydrogen) atoms. The van der Waals surface area contributed by atoms with Gasteiger partial charge in [0, 0.05) is 30.4 Å². The Morgan fingerprint density at radius 1 is 1.23 bits per heavy atom. The lowest BCUT2D eigenvalue weighted by Gasteiger charge is -2.20. The molecule has 2 amide bonds. The molecule has 2 aromatic carbocycles. The number of fused-ring (bicyclic) bond motifs is 3. The molecule has 0 aliphatic heterocycles. The van der Waals surface area contributed by atoms with E-state index in [0.717, 1.165) is 16.4 Å². The average molecular weight is 356 g/mol. The maximum absolute atomic E-state index is 12.4. The topological polar surface area (TPSA) is 92.0 Å². The summed E-state index contributed by atoms with van der Waals surface area (Å²) in [6, 6.07) is 10.8. The fraction of sp³-hybridized carbons (Fsp3) is 0.263. The lowest BCUT2D eigenvalue weighted by molar-refractivity contribution is -0.141. The minimum atomic E-state index is -0.953. The number of carboxylic acid groups (broad SMARTS) is 1. The lowest BCUT2D eigenvalue weighted by atomic mass is 10.1. The van der Waals surface area contributed by atoms with Gasteiger partial charge in [-0.15, -0.1) is 0 Å². The van der Waals surface area contributed by atoms with Gasteiger partial charge in [-0.2, -0.15) is 0 Å². The number of carboxylic acids is 1. The first-order valence-electron chi connectivity index (χ1n) is 8.15. The summed E-state index contributed by atoms with van der Waals surface area (Å²) in [4.78, 5) is 24.7. The van der Waals surface area contributed by atoms with Gasteiger partial charge in [0.1, 0.15) is 16.9 Å². The van der Waals surface area contributed by atoms with E-state index in [-0.39, 0.29) is 6.54 Å². The third-order valence-electron chi connectivity index (χ3n) is 4.26. The molecule has 7 nitrogen and oxygen atoms in total. The predicted octanol–water partition coefficient (Wildman–Crippen LogP) is 3.78. The highest BCUT2D eigenvalue weighted by Crippen LogP contribution is 2.36. The van der Waals surface area contributed by atoms with Crippen LogP contribution in [-0.2, 0) is 4.79 Å². The number of nitrogens with zero attached hydrogens (tertiary/aromatic N) is 1. The van der Waals surface area contributed by atoms with Crippen LogP contribution >= 0.6 is 0 Å². The van der Waals surface area contributed by atoms with Crippen LogP contribution in [0, 0.1) is 5.92 Å². The van der Waals surface area contributed by atoms with Gasteiger partial charge in [-0.05, 0) is 12.1 Å². The molecule has 0 fully saturated rings. The van der Waals surface area contributed by atoms with Crippen LogP contribution in [0.5, 0.6) is 5.75 Å². The van der Waals surface area contributed by atoms with Gasteiger partial charge in [-0.1, -0.05) is 25.1 Å². The first-order chi connectivity index (χ1) is 12.4. The predicted molar refractivity (Wildman–Crippen MR) is 98.7 cm³/mol. The SMILES string of the molecule is COc1cc2c(cc1NC(=O)N(C)CC(C)C(=O)O)oc1ccccc12. The van der Waals surface area contributed by atoms with Crippen LogP contribution in [-0.4, -0.2) is 42.7 Å². The lowest BCUT2D eigenvalue weighted by Crippen LogP contribution is -2.36. The van der Waals surface area contributed by atoms with E-state index in [1.54, 1.807) is 20.0 Å². The molecule has 7 heteroatoms. The maximum Gasteiger partial charge on any atom is 0.321 e. The number of rotatable bonds is 5. The zero-order chi connectivity index (χ0) is 18.8. The number of hydrogen-bond acceptors (Lipinski definition) is 4. The highest BCUT2D eigenvalue weighted by molar-refractivity contribution is 6.07. The Balaban J connectivity index is 1.90. The van der Waals surface area contributed by atoms with E-state index in [1.165, 1.54) is 12.0 Å². The molecule has 0 saturated carbocycles. The smallest absolute Gasteiger partial charge is 0.321 e. The number of methoxy groups -OCH3 is 1. The van der Waals surface area contributed by atoms with Gasteiger partial charge in [0.05, 0.1) is 18.7 Å². The van der Waals surface area contributed by atoms with E-state index >= 15 is 0 Å². The van der Waals surface area contributed by atoms with Crippen molar-refractivity contribution in [3.05, 3.63) is 36.4 Å². The molecule has 1 aromatic heterocycles. The van der Waals surface area contributed by atoms with E-state index in [0.29, 0.717) is 17.0 Å². The Morgan fingerprint density at radius 3 is 2.65 bits per heavy atom. The Hall–Kier alpha value is -3.22. The zero-order valence-corrected chi connectivity index (χ0v) is 14.8. The van der Waals surface area contributed by atoms with Crippen molar-refractivity contribution in [2.45, 2.75) is 6.92 Å². The number of furan rings is 1. The third-order valence-corrected chi connectivity index (χ3v) is 4.26. The van der Waals surface area contributed by atoms with Crippen molar-refractivity contribution < 1.29 is 23.8 Å². The molecule has 0 bridgehead atoms. The Kier molecular flexibility index (Phi) is 4.71. The van der Waals surface area contributed by atoms with E-state index < -0.39 is 17.9 Å². The number of amides is 2. The molecular weight excluding hydrogens is 336 g/mol. The summed E-state index contributed by atoms with van der Waals surface area (Å²) in [5.74, 6) is -1.12. The quantitative estimate of drug-likeness (QED) is 0.726. The Morgan fingerprint density at radius 2 is 1.96 bits per heavy atom. The summed E-state index contributed by atoms with van der Waals surface area (Å²) in [6.45, 7) is 1.64. The standard InChI is InChI=1S/C19H20N2O5/c1-11(18(22)23)10-21(2)19(24)20-14-9-16-13(8-17(14)25-3)12-6-4-5-7-15(12)26-16/h4-9,11H,10H2,1-3H3,(H,20,24)(H,22,23). The number of carbonyl (C=O) groups is 2. The molecular formula is C19H20N2O5. The number of anilines is 1. The molecule has 1 atom stereocenters. The van der Waals surface area contributed by atoms with Crippen molar-refractivity contribution in [1.29, 1.82) is 0 Å². The van der Waals surface area contributed by atoms with Gasteiger partial charge in [0.25, 0.3) is 0 Å².